The normalized spacial score (nSPS) is 11.4. The summed E-state index contributed by atoms with van der Waals surface area (Å²) in [6.45, 7) is 3.61. The first-order valence-electron chi connectivity index (χ1n) is 9.30. The number of carbonyl (C=O) groups excluding carboxylic acids is 3. The molecule has 1 amide bonds. The first-order valence-corrected chi connectivity index (χ1v) is 9.30. The molecule has 0 saturated carbocycles. The van der Waals surface area contributed by atoms with Gasteiger partial charge in [0.25, 0.3) is 5.91 Å². The van der Waals surface area contributed by atoms with Crippen LogP contribution in [0.25, 0.3) is 0 Å². The van der Waals surface area contributed by atoms with Gasteiger partial charge in [0, 0.05) is 18.5 Å². The highest BCUT2D eigenvalue weighted by Crippen LogP contribution is 2.13. The highest BCUT2D eigenvalue weighted by Gasteiger charge is 2.21. The molecule has 1 atom stereocenters. The Morgan fingerprint density at radius 3 is 2.25 bits per heavy atom. The van der Waals surface area contributed by atoms with Crippen molar-refractivity contribution < 1.29 is 23.9 Å². The van der Waals surface area contributed by atoms with Gasteiger partial charge in [-0.2, -0.15) is 0 Å². The lowest BCUT2D eigenvalue weighted by Crippen LogP contribution is -2.38. The maximum atomic E-state index is 12.2. The smallest absolute Gasteiger partial charge is 0.344 e. The number of rotatable bonds is 10. The van der Waals surface area contributed by atoms with Crippen molar-refractivity contribution in [1.82, 2.24) is 5.32 Å². The van der Waals surface area contributed by atoms with Gasteiger partial charge in [0.2, 0.25) is 0 Å². The van der Waals surface area contributed by atoms with Crippen molar-refractivity contribution in [2.75, 3.05) is 6.61 Å². The van der Waals surface area contributed by atoms with E-state index in [2.05, 4.69) is 5.32 Å². The van der Waals surface area contributed by atoms with Gasteiger partial charge in [-0.25, -0.2) is 4.79 Å². The fourth-order valence-electron chi connectivity index (χ4n) is 2.50. The van der Waals surface area contributed by atoms with Crippen LogP contribution in [0, 0.1) is 0 Å². The van der Waals surface area contributed by atoms with Crippen LogP contribution >= 0.6 is 0 Å². The number of Topliss-reactive ketones (excluding diaryl/α,β-unsaturated/α-hetero) is 1. The van der Waals surface area contributed by atoms with E-state index in [1.165, 1.54) is 0 Å². The lowest BCUT2D eigenvalue weighted by molar-refractivity contribution is -0.158. The topological polar surface area (TPSA) is 81.7 Å². The van der Waals surface area contributed by atoms with Crippen molar-refractivity contribution in [1.29, 1.82) is 0 Å². The van der Waals surface area contributed by atoms with Crippen LogP contribution in [0.3, 0.4) is 0 Å². The van der Waals surface area contributed by atoms with Crippen LogP contribution in [0.5, 0.6) is 5.75 Å². The van der Waals surface area contributed by atoms with Crippen molar-refractivity contribution >= 4 is 17.7 Å². The van der Waals surface area contributed by atoms with Crippen molar-refractivity contribution in [2.24, 2.45) is 0 Å². The molecule has 0 aliphatic heterocycles. The number of ketones is 1. The van der Waals surface area contributed by atoms with Crippen LogP contribution < -0.4 is 10.1 Å². The Hall–Kier alpha value is -3.15. The molecule has 0 saturated heterocycles. The molecule has 148 valence electrons. The zero-order valence-corrected chi connectivity index (χ0v) is 16.1. The van der Waals surface area contributed by atoms with Crippen LogP contribution in [0.15, 0.2) is 54.6 Å². The fraction of sp³-hybridized carbons (Fsp3) is 0.318. The molecule has 1 unspecified atom stereocenters. The Balaban J connectivity index is 1.79. The molecular formula is C22H25NO5. The van der Waals surface area contributed by atoms with Gasteiger partial charge in [0.05, 0.1) is 0 Å². The second-order valence-corrected chi connectivity index (χ2v) is 6.18. The number of ether oxygens (including phenoxy) is 2. The summed E-state index contributed by atoms with van der Waals surface area (Å²) in [6.07, 6.45) is -0.0818. The van der Waals surface area contributed by atoms with E-state index in [1.54, 1.807) is 38.1 Å². The third-order valence-corrected chi connectivity index (χ3v) is 4.10. The van der Waals surface area contributed by atoms with Gasteiger partial charge in [0.1, 0.15) is 5.75 Å². The minimum Gasteiger partial charge on any atom is -0.482 e. The van der Waals surface area contributed by atoms with E-state index in [4.69, 9.17) is 9.47 Å². The number of hydrogen-bond acceptors (Lipinski definition) is 5. The Morgan fingerprint density at radius 1 is 0.964 bits per heavy atom. The number of benzene rings is 2. The van der Waals surface area contributed by atoms with Crippen molar-refractivity contribution in [3.05, 3.63) is 65.7 Å². The van der Waals surface area contributed by atoms with E-state index in [1.807, 2.05) is 30.3 Å². The minimum atomic E-state index is -0.871. The second kappa shape index (κ2) is 10.9. The summed E-state index contributed by atoms with van der Waals surface area (Å²) in [5.74, 6) is -0.484. The molecule has 2 aromatic carbocycles. The molecule has 0 bridgehead atoms. The quantitative estimate of drug-likeness (QED) is 0.503. The summed E-state index contributed by atoms with van der Waals surface area (Å²) in [5, 5.41) is 2.76. The molecule has 1 N–H and O–H groups in total. The average Bonchev–Trinajstić information content (AvgIpc) is 2.74. The zero-order chi connectivity index (χ0) is 20.4. The molecule has 0 aromatic heterocycles. The van der Waals surface area contributed by atoms with Gasteiger partial charge in [-0.3, -0.25) is 9.59 Å². The van der Waals surface area contributed by atoms with E-state index < -0.39 is 12.1 Å². The van der Waals surface area contributed by atoms with Crippen LogP contribution in [-0.2, 0) is 20.9 Å². The van der Waals surface area contributed by atoms with Gasteiger partial charge in [0.15, 0.2) is 18.5 Å². The van der Waals surface area contributed by atoms with Gasteiger partial charge < -0.3 is 14.8 Å². The fourth-order valence-corrected chi connectivity index (χ4v) is 2.50. The molecule has 28 heavy (non-hydrogen) atoms. The maximum absolute atomic E-state index is 12.2. The van der Waals surface area contributed by atoms with E-state index in [-0.39, 0.29) is 18.3 Å². The summed E-state index contributed by atoms with van der Waals surface area (Å²) in [4.78, 5) is 35.8. The van der Waals surface area contributed by atoms with Crippen molar-refractivity contribution in [3.8, 4) is 5.75 Å². The number of carbonyl (C=O) groups is 3. The van der Waals surface area contributed by atoms with Crippen LogP contribution in [0.1, 0.15) is 42.6 Å². The summed E-state index contributed by atoms with van der Waals surface area (Å²) in [7, 11) is 0. The first-order chi connectivity index (χ1) is 13.5. The summed E-state index contributed by atoms with van der Waals surface area (Å²) >= 11 is 0. The number of nitrogens with one attached hydrogen (secondary N) is 1. The van der Waals surface area contributed by atoms with Gasteiger partial charge in [-0.05, 0) is 36.2 Å². The van der Waals surface area contributed by atoms with Crippen LogP contribution in [-0.4, -0.2) is 30.4 Å². The number of hydrogen-bond donors (Lipinski definition) is 1. The summed E-state index contributed by atoms with van der Waals surface area (Å²) < 4.78 is 10.6. The molecule has 6 nitrogen and oxygen atoms in total. The van der Waals surface area contributed by atoms with E-state index in [0.717, 1.165) is 5.56 Å². The standard InChI is InChI=1S/C22H25NO5/c1-3-19(24)17-10-12-18(13-11-17)27-15-21(25)28-20(4-2)22(26)23-14-16-8-6-5-7-9-16/h5-13,20H,3-4,14-15H2,1-2H3,(H,23,26). The predicted molar refractivity (Wildman–Crippen MR) is 105 cm³/mol. The monoisotopic (exact) mass is 383 g/mol. The minimum absolute atomic E-state index is 0.0401. The van der Waals surface area contributed by atoms with Gasteiger partial charge in [-0.15, -0.1) is 0 Å². The highest BCUT2D eigenvalue weighted by molar-refractivity contribution is 5.95. The molecule has 0 spiro atoms. The Kier molecular flexibility index (Phi) is 8.21. The first kappa shape index (κ1) is 21.2. The molecule has 0 aliphatic rings. The molecule has 2 rings (SSSR count). The van der Waals surface area contributed by atoms with Gasteiger partial charge >= 0.3 is 5.97 Å². The third-order valence-electron chi connectivity index (χ3n) is 4.10. The summed E-state index contributed by atoms with van der Waals surface area (Å²) in [5.41, 5.74) is 1.56. The largest absolute Gasteiger partial charge is 0.482 e. The highest BCUT2D eigenvalue weighted by atomic mass is 16.6. The SMILES string of the molecule is CCC(=O)c1ccc(OCC(=O)OC(CC)C(=O)NCc2ccccc2)cc1. The average molecular weight is 383 g/mol. The molecule has 0 heterocycles. The molecule has 0 fully saturated rings. The molecule has 0 aliphatic carbocycles. The number of amides is 1. The Labute approximate surface area is 164 Å². The zero-order valence-electron chi connectivity index (χ0n) is 16.1. The van der Waals surface area contributed by atoms with Crippen molar-refractivity contribution in [2.45, 2.75) is 39.3 Å². The Bertz CT molecular complexity index is 786. The molecule has 2 aromatic rings. The predicted octanol–water partition coefficient (Wildman–Crippen LogP) is 3.30. The van der Waals surface area contributed by atoms with Gasteiger partial charge in [-0.1, -0.05) is 44.2 Å². The second-order valence-electron chi connectivity index (χ2n) is 6.18. The summed E-state index contributed by atoms with van der Waals surface area (Å²) in [6, 6.07) is 16.0. The third kappa shape index (κ3) is 6.54. The van der Waals surface area contributed by atoms with Crippen LogP contribution in [0.2, 0.25) is 0 Å². The lowest BCUT2D eigenvalue weighted by Gasteiger charge is -2.16. The Morgan fingerprint density at radius 2 is 1.64 bits per heavy atom. The molecule has 6 heteroatoms. The van der Waals surface area contributed by atoms with E-state index in [9.17, 15) is 14.4 Å². The number of esters is 1. The van der Waals surface area contributed by atoms with Crippen molar-refractivity contribution in [3.63, 3.8) is 0 Å². The maximum Gasteiger partial charge on any atom is 0.344 e. The van der Waals surface area contributed by atoms with E-state index >= 15 is 0 Å². The molecular weight excluding hydrogens is 358 g/mol. The molecule has 0 radical (unpaired) electrons. The van der Waals surface area contributed by atoms with E-state index in [0.29, 0.717) is 30.7 Å². The lowest BCUT2D eigenvalue weighted by atomic mass is 10.1. The van der Waals surface area contributed by atoms with Crippen LogP contribution in [0.4, 0.5) is 0 Å².